The molecule has 1 aliphatic heterocycles. The van der Waals surface area contributed by atoms with E-state index in [0.717, 1.165) is 19.3 Å². The molecule has 0 bridgehead atoms. The van der Waals surface area contributed by atoms with E-state index in [1.54, 1.807) is 4.90 Å². The van der Waals surface area contributed by atoms with Gasteiger partial charge in [0.2, 0.25) is 0 Å². The zero-order valence-corrected chi connectivity index (χ0v) is 11.6. The lowest BCUT2D eigenvalue weighted by Crippen LogP contribution is -2.41. The van der Waals surface area contributed by atoms with Gasteiger partial charge in [-0.1, -0.05) is 0 Å². The molecular formula is C13H25NO4. The van der Waals surface area contributed by atoms with Crippen LogP contribution in [0.3, 0.4) is 0 Å². The SMILES string of the molecule is CC(C)(C)OC(=O)N1CCCCC(OCCO)C1. The van der Waals surface area contributed by atoms with Crippen molar-refractivity contribution < 1.29 is 19.4 Å². The van der Waals surface area contributed by atoms with Crippen molar-refractivity contribution in [1.82, 2.24) is 4.90 Å². The average Bonchev–Trinajstić information content (AvgIpc) is 2.49. The van der Waals surface area contributed by atoms with Gasteiger partial charge in [0.15, 0.2) is 0 Å². The van der Waals surface area contributed by atoms with E-state index in [4.69, 9.17) is 14.6 Å². The third-order valence-corrected chi connectivity index (χ3v) is 2.72. The molecule has 1 saturated heterocycles. The van der Waals surface area contributed by atoms with E-state index in [0.29, 0.717) is 19.7 Å². The Balaban J connectivity index is 2.50. The Morgan fingerprint density at radius 3 is 2.72 bits per heavy atom. The van der Waals surface area contributed by atoms with Gasteiger partial charge in [0, 0.05) is 6.54 Å². The van der Waals surface area contributed by atoms with Crippen LogP contribution >= 0.6 is 0 Å². The van der Waals surface area contributed by atoms with Crippen LogP contribution in [0.25, 0.3) is 0 Å². The fraction of sp³-hybridized carbons (Fsp3) is 0.923. The van der Waals surface area contributed by atoms with Gasteiger partial charge < -0.3 is 19.5 Å². The summed E-state index contributed by atoms with van der Waals surface area (Å²) in [5, 5.41) is 8.76. The van der Waals surface area contributed by atoms with E-state index in [2.05, 4.69) is 0 Å². The molecule has 5 heteroatoms. The van der Waals surface area contributed by atoms with Gasteiger partial charge in [-0.25, -0.2) is 4.79 Å². The highest BCUT2D eigenvalue weighted by Gasteiger charge is 2.26. The van der Waals surface area contributed by atoms with Crippen LogP contribution in [0, 0.1) is 0 Å². The van der Waals surface area contributed by atoms with Crippen LogP contribution in [0.2, 0.25) is 0 Å². The second-order valence-corrected chi connectivity index (χ2v) is 5.64. The number of nitrogens with zero attached hydrogens (tertiary/aromatic N) is 1. The Hall–Kier alpha value is -0.810. The predicted octanol–water partition coefficient (Wildman–Crippen LogP) is 1.78. The summed E-state index contributed by atoms with van der Waals surface area (Å²) >= 11 is 0. The molecule has 0 aliphatic carbocycles. The van der Waals surface area contributed by atoms with E-state index in [1.807, 2.05) is 20.8 Å². The topological polar surface area (TPSA) is 59.0 Å². The van der Waals surface area contributed by atoms with Crippen LogP contribution in [-0.2, 0) is 9.47 Å². The Kier molecular flexibility index (Phi) is 5.88. The molecule has 18 heavy (non-hydrogen) atoms. The minimum Gasteiger partial charge on any atom is -0.444 e. The first-order chi connectivity index (χ1) is 8.42. The summed E-state index contributed by atoms with van der Waals surface area (Å²) in [5.74, 6) is 0. The van der Waals surface area contributed by atoms with Gasteiger partial charge in [-0.05, 0) is 40.0 Å². The molecule has 1 N–H and O–H groups in total. The maximum atomic E-state index is 12.0. The Bertz CT molecular complexity index is 262. The zero-order valence-electron chi connectivity index (χ0n) is 11.6. The number of hydrogen-bond donors (Lipinski definition) is 1. The van der Waals surface area contributed by atoms with Gasteiger partial charge in [0.25, 0.3) is 0 Å². The van der Waals surface area contributed by atoms with Crippen LogP contribution in [0.1, 0.15) is 40.0 Å². The van der Waals surface area contributed by atoms with E-state index in [1.165, 1.54) is 0 Å². The zero-order chi connectivity index (χ0) is 13.6. The lowest BCUT2D eigenvalue weighted by atomic mass is 10.2. The highest BCUT2D eigenvalue weighted by atomic mass is 16.6. The number of ether oxygens (including phenoxy) is 2. The lowest BCUT2D eigenvalue weighted by Gasteiger charge is -2.28. The van der Waals surface area contributed by atoms with Crippen molar-refractivity contribution in [1.29, 1.82) is 0 Å². The Labute approximate surface area is 109 Å². The van der Waals surface area contributed by atoms with Crippen LogP contribution in [0.15, 0.2) is 0 Å². The largest absolute Gasteiger partial charge is 0.444 e. The summed E-state index contributed by atoms with van der Waals surface area (Å²) in [6.07, 6.45) is 2.67. The second-order valence-electron chi connectivity index (χ2n) is 5.64. The van der Waals surface area contributed by atoms with E-state index in [-0.39, 0.29) is 18.8 Å². The molecule has 106 valence electrons. The van der Waals surface area contributed by atoms with Crippen LogP contribution in [0.4, 0.5) is 4.79 Å². The number of carbonyl (C=O) groups is 1. The maximum Gasteiger partial charge on any atom is 0.410 e. The quantitative estimate of drug-likeness (QED) is 0.839. The van der Waals surface area contributed by atoms with Gasteiger partial charge in [-0.15, -0.1) is 0 Å². The lowest BCUT2D eigenvalue weighted by molar-refractivity contribution is -0.00670. The molecule has 1 heterocycles. The number of amides is 1. The number of aliphatic hydroxyl groups is 1. The first kappa shape index (κ1) is 15.2. The molecule has 1 aliphatic rings. The van der Waals surface area contributed by atoms with E-state index < -0.39 is 5.60 Å². The van der Waals surface area contributed by atoms with E-state index >= 15 is 0 Å². The van der Waals surface area contributed by atoms with Crippen LogP contribution in [0.5, 0.6) is 0 Å². The van der Waals surface area contributed by atoms with Gasteiger partial charge >= 0.3 is 6.09 Å². The number of hydrogen-bond acceptors (Lipinski definition) is 4. The molecule has 0 spiro atoms. The van der Waals surface area contributed by atoms with Gasteiger partial charge in [0.1, 0.15) is 5.60 Å². The fourth-order valence-corrected chi connectivity index (χ4v) is 1.95. The first-order valence-corrected chi connectivity index (χ1v) is 6.63. The Morgan fingerprint density at radius 2 is 2.11 bits per heavy atom. The molecule has 0 aromatic carbocycles. The first-order valence-electron chi connectivity index (χ1n) is 6.63. The molecular weight excluding hydrogens is 234 g/mol. The molecule has 0 aromatic heterocycles. The maximum absolute atomic E-state index is 12.0. The number of aliphatic hydroxyl groups excluding tert-OH is 1. The summed E-state index contributed by atoms with van der Waals surface area (Å²) < 4.78 is 10.9. The highest BCUT2D eigenvalue weighted by Crippen LogP contribution is 2.17. The van der Waals surface area contributed by atoms with Crippen molar-refractivity contribution in [3.8, 4) is 0 Å². The Morgan fingerprint density at radius 1 is 1.39 bits per heavy atom. The second kappa shape index (κ2) is 6.95. The third-order valence-electron chi connectivity index (χ3n) is 2.72. The molecule has 0 saturated carbocycles. The molecule has 1 unspecified atom stereocenters. The van der Waals surface area contributed by atoms with Crippen molar-refractivity contribution in [2.24, 2.45) is 0 Å². The van der Waals surface area contributed by atoms with Gasteiger partial charge in [-0.2, -0.15) is 0 Å². The summed E-state index contributed by atoms with van der Waals surface area (Å²) in [6.45, 7) is 7.20. The molecule has 0 aromatic rings. The van der Waals surface area contributed by atoms with Crippen LogP contribution < -0.4 is 0 Å². The predicted molar refractivity (Wildman–Crippen MR) is 68.5 cm³/mol. The summed E-state index contributed by atoms with van der Waals surface area (Å²) in [5.41, 5.74) is -0.467. The summed E-state index contributed by atoms with van der Waals surface area (Å²) in [6, 6.07) is 0. The summed E-state index contributed by atoms with van der Waals surface area (Å²) in [7, 11) is 0. The number of likely N-dealkylation sites (tertiary alicyclic amines) is 1. The van der Waals surface area contributed by atoms with Crippen molar-refractivity contribution in [2.75, 3.05) is 26.3 Å². The monoisotopic (exact) mass is 259 g/mol. The van der Waals surface area contributed by atoms with Crippen molar-refractivity contribution in [2.45, 2.75) is 51.7 Å². The molecule has 5 nitrogen and oxygen atoms in total. The minimum absolute atomic E-state index is 0.00664. The smallest absolute Gasteiger partial charge is 0.410 e. The van der Waals surface area contributed by atoms with Crippen molar-refractivity contribution in [3.63, 3.8) is 0 Å². The van der Waals surface area contributed by atoms with Gasteiger partial charge in [-0.3, -0.25) is 0 Å². The average molecular weight is 259 g/mol. The number of carbonyl (C=O) groups excluding carboxylic acids is 1. The molecule has 1 rings (SSSR count). The van der Waals surface area contributed by atoms with Crippen molar-refractivity contribution in [3.05, 3.63) is 0 Å². The van der Waals surface area contributed by atoms with Crippen LogP contribution in [-0.4, -0.2) is 54.1 Å². The minimum atomic E-state index is -0.467. The number of rotatable bonds is 3. The third kappa shape index (κ3) is 5.69. The normalized spacial score (nSPS) is 21.6. The summed E-state index contributed by atoms with van der Waals surface area (Å²) in [4.78, 5) is 13.7. The molecule has 0 radical (unpaired) electrons. The van der Waals surface area contributed by atoms with E-state index in [9.17, 15) is 4.79 Å². The van der Waals surface area contributed by atoms with Gasteiger partial charge in [0.05, 0.1) is 25.9 Å². The standard InChI is InChI=1S/C13H25NO4/c1-13(2,3)18-12(16)14-7-5-4-6-11(10-14)17-9-8-15/h11,15H,4-10H2,1-3H3. The molecule has 1 amide bonds. The molecule has 1 atom stereocenters. The highest BCUT2D eigenvalue weighted by molar-refractivity contribution is 5.68. The van der Waals surface area contributed by atoms with Crippen molar-refractivity contribution >= 4 is 6.09 Å². The molecule has 1 fully saturated rings. The fourth-order valence-electron chi connectivity index (χ4n) is 1.95.